The quantitative estimate of drug-likeness (QED) is 0.702. The fourth-order valence-electron chi connectivity index (χ4n) is 4.28. The Kier molecular flexibility index (Phi) is 6.53. The van der Waals surface area contributed by atoms with E-state index in [9.17, 15) is 8.42 Å². The van der Waals surface area contributed by atoms with Gasteiger partial charge in [0.05, 0.1) is 11.5 Å². The van der Waals surface area contributed by atoms with E-state index in [2.05, 4.69) is 10.2 Å². The zero-order chi connectivity index (χ0) is 20.1. The second-order valence-corrected chi connectivity index (χ2v) is 9.94. The van der Waals surface area contributed by atoms with Gasteiger partial charge in [0.25, 0.3) is 0 Å². The predicted molar refractivity (Wildman–Crippen MR) is 115 cm³/mol. The smallest absolute Gasteiger partial charge is 0.198 e. The Labute approximate surface area is 174 Å². The van der Waals surface area contributed by atoms with Gasteiger partial charge in [-0.3, -0.25) is 5.32 Å². The van der Waals surface area contributed by atoms with Crippen molar-refractivity contribution in [3.63, 3.8) is 0 Å². The van der Waals surface area contributed by atoms with E-state index in [0.29, 0.717) is 18.0 Å². The van der Waals surface area contributed by atoms with Crippen LogP contribution in [-0.4, -0.2) is 46.1 Å². The summed E-state index contributed by atoms with van der Waals surface area (Å²) in [6.45, 7) is 4.85. The van der Waals surface area contributed by atoms with Gasteiger partial charge in [-0.1, -0.05) is 30.7 Å². The number of likely N-dealkylation sites (tertiary alicyclic amines) is 1. The summed E-state index contributed by atoms with van der Waals surface area (Å²) in [5.41, 5.74) is 1.89. The van der Waals surface area contributed by atoms with Crippen molar-refractivity contribution >= 4 is 9.84 Å². The van der Waals surface area contributed by atoms with E-state index in [4.69, 9.17) is 4.74 Å². The first-order chi connectivity index (χ1) is 14.1. The van der Waals surface area contributed by atoms with Crippen molar-refractivity contribution in [2.75, 3.05) is 32.8 Å². The van der Waals surface area contributed by atoms with E-state index in [0.717, 1.165) is 36.3 Å². The van der Waals surface area contributed by atoms with E-state index >= 15 is 0 Å². The molecule has 0 amide bonds. The number of nitrogens with zero attached hydrogens (tertiary/aromatic N) is 1. The van der Waals surface area contributed by atoms with Crippen LogP contribution in [0.3, 0.4) is 0 Å². The molecule has 2 aliphatic heterocycles. The topological polar surface area (TPSA) is 58.6 Å². The van der Waals surface area contributed by atoms with Crippen molar-refractivity contribution in [3.05, 3.63) is 59.7 Å². The molecule has 1 fully saturated rings. The molecule has 1 atom stereocenters. The molecule has 1 saturated heterocycles. The first kappa shape index (κ1) is 20.4. The molecule has 29 heavy (non-hydrogen) atoms. The summed E-state index contributed by atoms with van der Waals surface area (Å²) in [6, 6.07) is 14.5. The summed E-state index contributed by atoms with van der Waals surface area (Å²) in [5, 5.41) is 2.48. The van der Waals surface area contributed by atoms with Crippen molar-refractivity contribution in [2.24, 2.45) is 0 Å². The summed E-state index contributed by atoms with van der Waals surface area (Å²) >= 11 is 0. The van der Waals surface area contributed by atoms with Gasteiger partial charge in [0.2, 0.25) is 0 Å². The van der Waals surface area contributed by atoms with Crippen molar-refractivity contribution < 1.29 is 13.2 Å². The van der Waals surface area contributed by atoms with Gasteiger partial charge in [-0.25, -0.2) is 8.42 Å². The number of hydrogen-bond acceptors (Lipinski definition) is 5. The van der Waals surface area contributed by atoms with Gasteiger partial charge in [-0.15, -0.1) is 0 Å². The zero-order valence-electron chi connectivity index (χ0n) is 16.8. The van der Waals surface area contributed by atoms with Crippen LogP contribution in [0.4, 0.5) is 0 Å². The zero-order valence-corrected chi connectivity index (χ0v) is 17.7. The summed E-state index contributed by atoms with van der Waals surface area (Å²) in [5.74, 6) is 0.833. The van der Waals surface area contributed by atoms with E-state index in [1.807, 2.05) is 24.3 Å². The minimum atomic E-state index is -3.48. The Balaban J connectivity index is 1.40. The maximum Gasteiger partial charge on any atom is 0.198 e. The molecule has 0 aliphatic carbocycles. The van der Waals surface area contributed by atoms with Crippen LogP contribution in [0.5, 0.6) is 5.75 Å². The largest absolute Gasteiger partial charge is 0.494 e. The third-order valence-electron chi connectivity index (χ3n) is 5.84. The maximum atomic E-state index is 13.1. The third kappa shape index (κ3) is 4.82. The molecule has 0 aromatic heterocycles. The van der Waals surface area contributed by atoms with Crippen LogP contribution in [-0.2, 0) is 16.3 Å². The van der Waals surface area contributed by atoms with Crippen LogP contribution < -0.4 is 10.1 Å². The molecule has 2 aliphatic rings. The van der Waals surface area contributed by atoms with Crippen LogP contribution in [0.2, 0.25) is 0 Å². The Bertz CT molecular complexity index is 909. The van der Waals surface area contributed by atoms with Gasteiger partial charge in [0.15, 0.2) is 9.84 Å². The first-order valence-corrected chi connectivity index (χ1v) is 12.2. The minimum Gasteiger partial charge on any atom is -0.494 e. The molecule has 0 radical (unpaired) electrons. The highest BCUT2D eigenvalue weighted by Crippen LogP contribution is 2.33. The second-order valence-electron chi connectivity index (χ2n) is 7.91. The molecule has 0 saturated carbocycles. The molecule has 2 heterocycles. The molecule has 1 unspecified atom stereocenters. The van der Waals surface area contributed by atoms with Crippen LogP contribution in [0.25, 0.3) is 0 Å². The van der Waals surface area contributed by atoms with Gasteiger partial charge >= 0.3 is 0 Å². The van der Waals surface area contributed by atoms with Crippen LogP contribution in [0.1, 0.15) is 42.2 Å². The average Bonchev–Trinajstić information content (AvgIpc) is 2.77. The lowest BCUT2D eigenvalue weighted by molar-refractivity contribution is 0.205. The molecular formula is C23H30N2O3S. The lowest BCUT2D eigenvalue weighted by Gasteiger charge is -2.27. The SMILES string of the molecule is O=S(=O)(c1ccccc1)C1NCCc2cc(OCCCN3CCCCC3)ccc21. The van der Waals surface area contributed by atoms with Crippen LogP contribution in [0, 0.1) is 0 Å². The Morgan fingerprint density at radius 1 is 1.03 bits per heavy atom. The van der Waals surface area contributed by atoms with E-state index < -0.39 is 15.2 Å². The number of ether oxygens (including phenoxy) is 1. The van der Waals surface area contributed by atoms with Gasteiger partial charge < -0.3 is 9.64 Å². The van der Waals surface area contributed by atoms with Crippen molar-refractivity contribution in [2.45, 2.75) is 42.4 Å². The highest BCUT2D eigenvalue weighted by molar-refractivity contribution is 7.91. The molecule has 2 aromatic rings. The third-order valence-corrected chi connectivity index (χ3v) is 7.81. The molecule has 4 rings (SSSR count). The van der Waals surface area contributed by atoms with E-state index in [1.54, 1.807) is 24.3 Å². The molecule has 2 aromatic carbocycles. The van der Waals surface area contributed by atoms with Gasteiger partial charge in [0, 0.05) is 13.1 Å². The summed E-state index contributed by atoms with van der Waals surface area (Å²) in [7, 11) is -3.48. The summed E-state index contributed by atoms with van der Waals surface area (Å²) in [4.78, 5) is 2.87. The number of nitrogens with one attached hydrogen (secondary N) is 1. The number of benzene rings is 2. The molecule has 1 N–H and O–H groups in total. The average molecular weight is 415 g/mol. The molecule has 156 valence electrons. The number of hydrogen-bond donors (Lipinski definition) is 1. The Morgan fingerprint density at radius 2 is 1.83 bits per heavy atom. The van der Waals surface area contributed by atoms with Gasteiger partial charge in [-0.2, -0.15) is 0 Å². The number of rotatable bonds is 7. The van der Waals surface area contributed by atoms with Crippen molar-refractivity contribution in [1.29, 1.82) is 0 Å². The number of fused-ring (bicyclic) bond motifs is 1. The number of piperidine rings is 1. The van der Waals surface area contributed by atoms with E-state index in [-0.39, 0.29) is 0 Å². The number of sulfone groups is 1. The fraction of sp³-hybridized carbons (Fsp3) is 0.478. The monoisotopic (exact) mass is 414 g/mol. The molecule has 0 bridgehead atoms. The maximum absolute atomic E-state index is 13.1. The summed E-state index contributed by atoms with van der Waals surface area (Å²) in [6.07, 6.45) is 5.81. The predicted octanol–water partition coefficient (Wildman–Crippen LogP) is 3.56. The highest BCUT2D eigenvalue weighted by atomic mass is 32.2. The minimum absolute atomic E-state index is 0.350. The van der Waals surface area contributed by atoms with Crippen molar-refractivity contribution in [3.8, 4) is 5.75 Å². The fourth-order valence-corrected chi connectivity index (χ4v) is 5.99. The van der Waals surface area contributed by atoms with Crippen molar-refractivity contribution in [1.82, 2.24) is 10.2 Å². The van der Waals surface area contributed by atoms with E-state index in [1.165, 1.54) is 32.4 Å². The highest BCUT2D eigenvalue weighted by Gasteiger charge is 2.32. The summed E-state index contributed by atoms with van der Waals surface area (Å²) < 4.78 is 32.2. The molecular weight excluding hydrogens is 384 g/mol. The van der Waals surface area contributed by atoms with Gasteiger partial charge in [0.1, 0.15) is 11.1 Å². The normalized spacial score (nSPS) is 20.2. The lowest BCUT2D eigenvalue weighted by Crippen LogP contribution is -2.35. The standard InChI is InChI=1S/C23H30N2O3S/c26-29(27,21-8-3-1-4-9-21)23-22-11-10-20(18-19(22)12-13-24-23)28-17-7-16-25-14-5-2-6-15-25/h1,3-4,8-11,18,23-24H,2,5-7,12-17H2. The van der Waals surface area contributed by atoms with Gasteiger partial charge in [-0.05, 0) is 74.2 Å². The molecule has 5 nitrogen and oxygen atoms in total. The molecule has 6 heteroatoms. The lowest BCUT2D eigenvalue weighted by atomic mass is 10.0. The second kappa shape index (κ2) is 9.28. The van der Waals surface area contributed by atoms with Crippen LogP contribution in [0.15, 0.2) is 53.4 Å². The first-order valence-electron chi connectivity index (χ1n) is 10.6. The Morgan fingerprint density at radius 3 is 2.62 bits per heavy atom. The molecule has 0 spiro atoms. The van der Waals surface area contributed by atoms with Crippen LogP contribution >= 0.6 is 0 Å². The Hall–Kier alpha value is -1.89.